The summed E-state index contributed by atoms with van der Waals surface area (Å²) in [6.45, 7) is 2.33. The third-order valence-corrected chi connectivity index (χ3v) is 1.81. The van der Waals surface area contributed by atoms with Gasteiger partial charge in [-0.1, -0.05) is 0 Å². The minimum atomic E-state index is -0.443. The van der Waals surface area contributed by atoms with Crippen LogP contribution >= 0.6 is 0 Å². The lowest BCUT2D eigenvalue weighted by molar-refractivity contribution is -0.146. The normalized spacial score (nSPS) is 25.7. The molecule has 0 aromatic rings. The standard InChI is InChI=1S/C8H12O3/c1-2-11-7-5-3-4-6(9)8(7)10/h7H,2-5H2,1H3. The van der Waals surface area contributed by atoms with Crippen molar-refractivity contribution < 1.29 is 14.3 Å². The predicted octanol–water partition coefficient (Wildman–Crippen LogP) is 0.714. The van der Waals surface area contributed by atoms with Crippen molar-refractivity contribution in [3.63, 3.8) is 0 Å². The van der Waals surface area contributed by atoms with Gasteiger partial charge in [0.1, 0.15) is 6.10 Å². The van der Waals surface area contributed by atoms with E-state index in [1.54, 1.807) is 0 Å². The smallest absolute Gasteiger partial charge is 0.226 e. The van der Waals surface area contributed by atoms with Gasteiger partial charge in [-0.3, -0.25) is 9.59 Å². The van der Waals surface area contributed by atoms with Crippen molar-refractivity contribution in [2.75, 3.05) is 6.61 Å². The molecule has 0 aliphatic heterocycles. The molecule has 1 saturated carbocycles. The van der Waals surface area contributed by atoms with E-state index in [1.165, 1.54) is 0 Å². The molecule has 11 heavy (non-hydrogen) atoms. The number of Topliss-reactive ketones (excluding diaryl/α,β-unsaturated/α-hetero) is 2. The molecule has 0 N–H and O–H groups in total. The molecule has 0 spiro atoms. The van der Waals surface area contributed by atoms with Crippen molar-refractivity contribution in [1.82, 2.24) is 0 Å². The topological polar surface area (TPSA) is 43.4 Å². The summed E-state index contributed by atoms with van der Waals surface area (Å²) < 4.78 is 5.10. The van der Waals surface area contributed by atoms with E-state index in [-0.39, 0.29) is 11.6 Å². The van der Waals surface area contributed by atoms with Crippen LogP contribution in [0, 0.1) is 0 Å². The highest BCUT2D eigenvalue weighted by Crippen LogP contribution is 2.14. The molecule has 1 atom stereocenters. The first-order valence-electron chi connectivity index (χ1n) is 3.94. The fourth-order valence-corrected chi connectivity index (χ4v) is 1.24. The Bertz CT molecular complexity index is 172. The van der Waals surface area contributed by atoms with Gasteiger partial charge in [0.25, 0.3) is 0 Å². The van der Waals surface area contributed by atoms with E-state index in [9.17, 15) is 9.59 Å². The van der Waals surface area contributed by atoms with Crippen molar-refractivity contribution in [2.45, 2.75) is 32.3 Å². The van der Waals surface area contributed by atoms with Crippen LogP contribution < -0.4 is 0 Å². The van der Waals surface area contributed by atoms with Crippen LogP contribution in [-0.4, -0.2) is 24.3 Å². The van der Waals surface area contributed by atoms with Gasteiger partial charge < -0.3 is 4.74 Å². The molecule has 1 aliphatic carbocycles. The first kappa shape index (κ1) is 8.40. The molecule has 0 amide bonds. The Hall–Kier alpha value is -0.700. The highest BCUT2D eigenvalue weighted by molar-refractivity contribution is 6.39. The fraction of sp³-hybridized carbons (Fsp3) is 0.750. The molecule has 1 unspecified atom stereocenters. The number of carbonyl (C=O) groups is 2. The lowest BCUT2D eigenvalue weighted by Gasteiger charge is -2.18. The maximum absolute atomic E-state index is 11.0. The fourth-order valence-electron chi connectivity index (χ4n) is 1.24. The van der Waals surface area contributed by atoms with Gasteiger partial charge in [0, 0.05) is 13.0 Å². The van der Waals surface area contributed by atoms with Crippen LogP contribution in [0.2, 0.25) is 0 Å². The average Bonchev–Trinajstić information content (AvgIpc) is 1.99. The van der Waals surface area contributed by atoms with Crippen molar-refractivity contribution in [3.05, 3.63) is 0 Å². The predicted molar refractivity (Wildman–Crippen MR) is 39.3 cm³/mol. The Morgan fingerprint density at radius 1 is 1.55 bits per heavy atom. The molecule has 0 aromatic carbocycles. The molecular formula is C8H12O3. The summed E-state index contributed by atoms with van der Waals surface area (Å²) in [7, 11) is 0. The van der Waals surface area contributed by atoms with Crippen LogP contribution in [-0.2, 0) is 14.3 Å². The minimum Gasteiger partial charge on any atom is -0.370 e. The third kappa shape index (κ3) is 1.87. The molecule has 1 rings (SSSR count). The molecule has 0 heterocycles. The zero-order chi connectivity index (χ0) is 8.27. The Morgan fingerprint density at radius 2 is 2.27 bits per heavy atom. The summed E-state index contributed by atoms with van der Waals surface area (Å²) in [5.74, 6) is -0.604. The van der Waals surface area contributed by atoms with Gasteiger partial charge in [0.05, 0.1) is 0 Å². The summed E-state index contributed by atoms with van der Waals surface area (Å²) >= 11 is 0. The SMILES string of the molecule is CCOC1CCCC(=O)C1=O. The molecule has 62 valence electrons. The Balaban J connectivity index is 2.51. The van der Waals surface area contributed by atoms with Crippen molar-refractivity contribution in [1.29, 1.82) is 0 Å². The van der Waals surface area contributed by atoms with Gasteiger partial charge in [0.15, 0.2) is 0 Å². The van der Waals surface area contributed by atoms with Gasteiger partial charge in [-0.15, -0.1) is 0 Å². The zero-order valence-electron chi connectivity index (χ0n) is 6.63. The van der Waals surface area contributed by atoms with E-state index in [0.29, 0.717) is 19.4 Å². The maximum atomic E-state index is 11.0. The van der Waals surface area contributed by atoms with Gasteiger partial charge in [-0.2, -0.15) is 0 Å². The highest BCUT2D eigenvalue weighted by atomic mass is 16.5. The molecule has 1 aliphatic rings. The number of ether oxygens (including phenoxy) is 1. The van der Waals surface area contributed by atoms with Gasteiger partial charge in [-0.25, -0.2) is 0 Å². The van der Waals surface area contributed by atoms with Crippen molar-refractivity contribution in [3.8, 4) is 0 Å². The molecule has 3 nitrogen and oxygen atoms in total. The van der Waals surface area contributed by atoms with E-state index in [4.69, 9.17) is 4.74 Å². The molecule has 0 aromatic heterocycles. The van der Waals surface area contributed by atoms with Crippen molar-refractivity contribution in [2.24, 2.45) is 0 Å². The van der Waals surface area contributed by atoms with E-state index in [2.05, 4.69) is 0 Å². The summed E-state index contributed by atoms with van der Waals surface area (Å²) in [4.78, 5) is 21.9. The molecular weight excluding hydrogens is 144 g/mol. The van der Waals surface area contributed by atoms with E-state index >= 15 is 0 Å². The van der Waals surface area contributed by atoms with E-state index in [1.807, 2.05) is 6.92 Å². The lowest BCUT2D eigenvalue weighted by atomic mass is 9.95. The first-order valence-corrected chi connectivity index (χ1v) is 3.94. The second-order valence-corrected chi connectivity index (χ2v) is 2.62. The van der Waals surface area contributed by atoms with Crippen LogP contribution in [0.25, 0.3) is 0 Å². The molecule has 0 radical (unpaired) electrons. The largest absolute Gasteiger partial charge is 0.370 e. The van der Waals surface area contributed by atoms with Crippen LogP contribution in [0.1, 0.15) is 26.2 Å². The monoisotopic (exact) mass is 156 g/mol. The Morgan fingerprint density at radius 3 is 2.91 bits per heavy atom. The third-order valence-electron chi connectivity index (χ3n) is 1.81. The first-order chi connectivity index (χ1) is 5.25. The number of carbonyl (C=O) groups excluding carboxylic acids is 2. The maximum Gasteiger partial charge on any atom is 0.226 e. The van der Waals surface area contributed by atoms with E-state index in [0.717, 1.165) is 6.42 Å². The molecule has 0 bridgehead atoms. The lowest BCUT2D eigenvalue weighted by Crippen LogP contribution is -2.34. The number of rotatable bonds is 2. The van der Waals surface area contributed by atoms with Crippen LogP contribution in [0.4, 0.5) is 0 Å². The second kappa shape index (κ2) is 3.62. The number of ketones is 2. The van der Waals surface area contributed by atoms with Crippen LogP contribution in [0.5, 0.6) is 0 Å². The number of hydrogen-bond acceptors (Lipinski definition) is 3. The molecule has 0 saturated heterocycles. The Labute approximate surface area is 65.7 Å². The minimum absolute atomic E-state index is 0.269. The van der Waals surface area contributed by atoms with Crippen LogP contribution in [0.15, 0.2) is 0 Å². The molecule has 1 fully saturated rings. The van der Waals surface area contributed by atoms with Gasteiger partial charge >= 0.3 is 0 Å². The summed E-state index contributed by atoms with van der Waals surface area (Å²) in [5, 5.41) is 0. The summed E-state index contributed by atoms with van der Waals surface area (Å²) in [6, 6.07) is 0. The summed E-state index contributed by atoms with van der Waals surface area (Å²) in [5.41, 5.74) is 0. The van der Waals surface area contributed by atoms with Crippen LogP contribution in [0.3, 0.4) is 0 Å². The van der Waals surface area contributed by atoms with E-state index < -0.39 is 6.10 Å². The highest BCUT2D eigenvalue weighted by Gasteiger charge is 2.29. The zero-order valence-corrected chi connectivity index (χ0v) is 6.63. The second-order valence-electron chi connectivity index (χ2n) is 2.62. The summed E-state index contributed by atoms with van der Waals surface area (Å²) in [6.07, 6.45) is 1.46. The van der Waals surface area contributed by atoms with Gasteiger partial charge in [-0.05, 0) is 19.8 Å². The number of hydrogen-bond donors (Lipinski definition) is 0. The Kier molecular flexibility index (Phi) is 2.76. The molecule has 3 heteroatoms. The van der Waals surface area contributed by atoms with Crippen molar-refractivity contribution >= 4 is 11.6 Å². The quantitative estimate of drug-likeness (QED) is 0.553. The van der Waals surface area contributed by atoms with Gasteiger partial charge in [0.2, 0.25) is 11.6 Å². The average molecular weight is 156 g/mol.